The fraction of sp³-hybridized carbons (Fsp3) is 0.300. The Morgan fingerprint density at radius 2 is 1.47 bits per heavy atom. The number of aliphatic carboxylic acids is 1. The third-order valence-electron chi connectivity index (χ3n) is 11.2. The van der Waals surface area contributed by atoms with Crippen molar-refractivity contribution in [3.63, 3.8) is 0 Å². The number of unbranched alkanes of at least 4 members (excludes halogenated alkanes) is 6. The van der Waals surface area contributed by atoms with Crippen molar-refractivity contribution in [3.8, 4) is 43.3 Å². The van der Waals surface area contributed by atoms with Crippen molar-refractivity contribution < 1.29 is 9.90 Å². The molecule has 2 aliphatic heterocycles. The minimum Gasteiger partial charge on any atom is -0.477 e. The molecule has 5 nitrogen and oxygen atoms in total. The number of imidazole rings is 1. The highest BCUT2D eigenvalue weighted by Gasteiger charge is 2.44. The maximum atomic E-state index is 11.5. The van der Waals surface area contributed by atoms with Crippen LogP contribution in [-0.2, 0) is 17.6 Å². The number of carbonyl (C=O) groups is 1. The van der Waals surface area contributed by atoms with E-state index in [1.54, 1.807) is 11.8 Å². The Labute approximate surface area is 364 Å². The smallest absolute Gasteiger partial charge is 0.346 e. The van der Waals surface area contributed by atoms with Gasteiger partial charge in [0.25, 0.3) is 0 Å². The summed E-state index contributed by atoms with van der Waals surface area (Å²) in [6.07, 6.45) is 18.0. The number of benzene rings is 3. The molecular weight excluding hydrogens is 803 g/mol. The van der Waals surface area contributed by atoms with E-state index in [1.807, 2.05) is 40.5 Å². The number of carboxylic acid groups (broad SMARTS) is 1. The molecule has 300 valence electrons. The predicted molar refractivity (Wildman–Crippen MR) is 254 cm³/mol. The molecule has 0 saturated carbocycles. The van der Waals surface area contributed by atoms with E-state index in [0.29, 0.717) is 0 Å². The van der Waals surface area contributed by atoms with Crippen LogP contribution >= 0.6 is 46.2 Å². The maximum absolute atomic E-state index is 11.5. The first kappa shape index (κ1) is 41.2. The number of carboxylic acids is 1. The van der Waals surface area contributed by atoms with E-state index < -0.39 is 5.97 Å². The number of nitrogens with zero attached hydrogens (tertiary/aromatic N) is 3. The first-order valence-corrected chi connectivity index (χ1v) is 24.2. The van der Waals surface area contributed by atoms with Crippen LogP contribution in [-0.4, -0.2) is 30.6 Å². The number of aromatic nitrogens is 2. The van der Waals surface area contributed by atoms with Crippen LogP contribution < -0.4 is 0 Å². The van der Waals surface area contributed by atoms with E-state index in [2.05, 4.69) is 128 Å². The SMILES string of the molecule is CCCCCCc1cc(-c2sc(C3=CC4SC(/C=C(\C#N)C(=O)O)=CC4(C)S3)cc2CCCCCC)sc1-c1ccc(-c2nc3ccccc3n2-c2ccccc2)cc1. The molecule has 0 saturated heterocycles. The van der Waals surface area contributed by atoms with Gasteiger partial charge in [-0.05, 0) is 91.8 Å². The summed E-state index contributed by atoms with van der Waals surface area (Å²) >= 11 is 7.39. The Balaban J connectivity index is 1.13. The number of hydrogen-bond donors (Lipinski definition) is 1. The average Bonchev–Trinajstić information content (AvgIpc) is 4.07. The number of nitriles is 1. The van der Waals surface area contributed by atoms with Gasteiger partial charge in [0.15, 0.2) is 0 Å². The summed E-state index contributed by atoms with van der Waals surface area (Å²) in [7, 11) is 0. The molecule has 2 aliphatic rings. The highest BCUT2D eigenvalue weighted by atomic mass is 32.2. The molecule has 2 unspecified atom stereocenters. The second kappa shape index (κ2) is 18.4. The second-order valence-electron chi connectivity index (χ2n) is 15.6. The summed E-state index contributed by atoms with van der Waals surface area (Å²) in [6, 6.07) is 34.7. The molecule has 0 amide bonds. The number of thiophene rings is 2. The molecule has 6 aromatic rings. The summed E-state index contributed by atoms with van der Waals surface area (Å²) in [5.41, 5.74) is 8.19. The molecule has 3 aromatic carbocycles. The van der Waals surface area contributed by atoms with E-state index in [-0.39, 0.29) is 15.6 Å². The van der Waals surface area contributed by atoms with Crippen LogP contribution in [0.4, 0.5) is 0 Å². The first-order chi connectivity index (χ1) is 28.8. The van der Waals surface area contributed by atoms with Gasteiger partial charge in [0.05, 0.1) is 15.8 Å². The highest BCUT2D eigenvalue weighted by molar-refractivity contribution is 8.13. The van der Waals surface area contributed by atoms with E-state index >= 15 is 0 Å². The molecule has 0 radical (unpaired) electrons. The van der Waals surface area contributed by atoms with Crippen molar-refractivity contribution in [1.29, 1.82) is 5.26 Å². The zero-order valence-electron chi connectivity index (χ0n) is 33.9. The van der Waals surface area contributed by atoms with Crippen LogP contribution in [0.15, 0.2) is 120 Å². The normalized spacial score (nSPS) is 17.6. The molecule has 0 fully saturated rings. The lowest BCUT2D eigenvalue weighted by Crippen LogP contribution is -2.21. The minimum atomic E-state index is -1.18. The van der Waals surface area contributed by atoms with Crippen molar-refractivity contribution in [2.45, 2.75) is 95.0 Å². The van der Waals surface area contributed by atoms with Crippen LogP contribution in [0.5, 0.6) is 0 Å². The third-order valence-corrected chi connectivity index (χ3v) is 16.9. The Bertz CT molecular complexity index is 2600. The fourth-order valence-corrected chi connectivity index (χ4v) is 13.8. The van der Waals surface area contributed by atoms with Gasteiger partial charge < -0.3 is 5.11 Å². The molecule has 5 heterocycles. The second-order valence-corrected chi connectivity index (χ2v) is 20.4. The lowest BCUT2D eigenvalue weighted by molar-refractivity contribution is -0.132. The predicted octanol–water partition coefficient (Wildman–Crippen LogP) is 14.8. The number of hydrogen-bond acceptors (Lipinski definition) is 7. The number of thioether (sulfide) groups is 2. The quantitative estimate of drug-likeness (QED) is 0.0559. The van der Waals surface area contributed by atoms with E-state index in [4.69, 9.17) is 4.98 Å². The molecule has 9 heteroatoms. The van der Waals surface area contributed by atoms with Crippen LogP contribution in [0.1, 0.15) is 88.1 Å². The highest BCUT2D eigenvalue weighted by Crippen LogP contribution is 2.59. The third kappa shape index (κ3) is 8.83. The molecule has 0 bridgehead atoms. The number of aryl methyl sites for hydroxylation is 2. The van der Waals surface area contributed by atoms with Crippen molar-refractivity contribution >= 4 is 68.1 Å². The van der Waals surface area contributed by atoms with Crippen LogP contribution in [0, 0.1) is 11.3 Å². The molecule has 2 atom stereocenters. The molecule has 59 heavy (non-hydrogen) atoms. The van der Waals surface area contributed by atoms with Gasteiger partial charge in [-0.3, -0.25) is 4.57 Å². The van der Waals surface area contributed by atoms with Crippen LogP contribution in [0.3, 0.4) is 0 Å². The van der Waals surface area contributed by atoms with Gasteiger partial charge in [0.1, 0.15) is 17.5 Å². The Hall–Kier alpha value is -4.59. The number of para-hydroxylation sites is 3. The lowest BCUT2D eigenvalue weighted by Gasteiger charge is -2.20. The topological polar surface area (TPSA) is 78.9 Å². The van der Waals surface area contributed by atoms with Gasteiger partial charge in [0, 0.05) is 45.8 Å². The van der Waals surface area contributed by atoms with Crippen molar-refractivity contribution in [1.82, 2.24) is 9.55 Å². The summed E-state index contributed by atoms with van der Waals surface area (Å²) in [5.74, 6) is -0.239. The minimum absolute atomic E-state index is 0.177. The zero-order valence-corrected chi connectivity index (χ0v) is 37.1. The Morgan fingerprint density at radius 3 is 2.15 bits per heavy atom. The van der Waals surface area contributed by atoms with Crippen LogP contribution in [0.25, 0.3) is 53.2 Å². The van der Waals surface area contributed by atoms with Crippen LogP contribution in [0.2, 0.25) is 0 Å². The molecule has 8 rings (SSSR count). The largest absolute Gasteiger partial charge is 0.477 e. The van der Waals surface area contributed by atoms with Gasteiger partial charge in [-0.2, -0.15) is 5.26 Å². The van der Waals surface area contributed by atoms with E-state index in [1.165, 1.54) is 98.5 Å². The van der Waals surface area contributed by atoms with E-state index in [0.717, 1.165) is 45.9 Å². The zero-order chi connectivity index (χ0) is 40.9. The first-order valence-electron chi connectivity index (χ1n) is 20.8. The standard InChI is InChI=1S/C50H49N3O2S4/c1-4-6-8-11-17-35-29-44(58-46(35)33-23-25-34(26-24-33)48-52-40-21-15-16-22-41(40)53(48)38-19-13-10-14-20-38)47-36(18-12-9-7-5-2)28-42(57-47)43-30-45-50(3,59-43)31-39(56-45)27-37(32-51)49(54)55/h10,13-16,19-31,45H,4-9,11-12,17-18H2,1-3H3,(H,54,55)/b37-27+. The Kier molecular flexibility index (Phi) is 12.8. The molecule has 0 spiro atoms. The number of rotatable bonds is 17. The van der Waals surface area contributed by atoms with Gasteiger partial charge in [-0.25, -0.2) is 9.78 Å². The Morgan fingerprint density at radius 1 is 0.831 bits per heavy atom. The van der Waals surface area contributed by atoms with Gasteiger partial charge >= 0.3 is 5.97 Å². The molecule has 0 aliphatic carbocycles. The monoisotopic (exact) mass is 851 g/mol. The summed E-state index contributed by atoms with van der Waals surface area (Å²) in [6.45, 7) is 6.78. The maximum Gasteiger partial charge on any atom is 0.346 e. The van der Waals surface area contributed by atoms with Gasteiger partial charge in [-0.1, -0.05) is 119 Å². The van der Waals surface area contributed by atoms with Crippen molar-refractivity contribution in [2.75, 3.05) is 0 Å². The summed E-state index contributed by atoms with van der Waals surface area (Å²) in [4.78, 5) is 24.2. The summed E-state index contributed by atoms with van der Waals surface area (Å²) < 4.78 is 2.07. The van der Waals surface area contributed by atoms with Crippen molar-refractivity contribution in [2.24, 2.45) is 0 Å². The lowest BCUT2D eigenvalue weighted by atomic mass is 10.0. The van der Waals surface area contributed by atoms with Gasteiger partial charge in [0.2, 0.25) is 0 Å². The number of allylic oxidation sites excluding steroid dienone is 1. The fourth-order valence-electron chi connectivity index (χ4n) is 8.08. The average molecular weight is 852 g/mol. The van der Waals surface area contributed by atoms with E-state index in [9.17, 15) is 15.2 Å². The van der Waals surface area contributed by atoms with Crippen molar-refractivity contribution in [3.05, 3.63) is 136 Å². The summed E-state index contributed by atoms with van der Waals surface area (Å²) in [5, 5.41) is 19.0. The molecule has 1 N–H and O–H groups in total. The van der Waals surface area contributed by atoms with Gasteiger partial charge in [-0.15, -0.1) is 46.2 Å². The molecule has 3 aromatic heterocycles. The number of fused-ring (bicyclic) bond motifs is 2. The molecular formula is C50H49N3O2S4.